The molecule has 29 heavy (non-hydrogen) atoms. The number of aliphatic imine (C=N–C) groups is 1. The minimum atomic E-state index is 0.300. The van der Waals surface area contributed by atoms with Crippen molar-refractivity contribution in [1.82, 2.24) is 0 Å². The number of hydrogen-bond acceptors (Lipinski definition) is 5. The highest BCUT2D eigenvalue weighted by Crippen LogP contribution is 2.44. The van der Waals surface area contributed by atoms with E-state index in [1.165, 1.54) is 23.3 Å². The van der Waals surface area contributed by atoms with Crippen molar-refractivity contribution in [2.45, 2.75) is 59.8 Å². The second-order valence-corrected chi connectivity index (χ2v) is 10.8. The van der Waals surface area contributed by atoms with Crippen LogP contribution in [0.3, 0.4) is 0 Å². The SMILES string of the molecule is CC1CCN(c2ccc(C=Nc3sc4c(c3C#N)CC[C@@H](C(C)(C)C)C4)o2)CC1. The van der Waals surface area contributed by atoms with E-state index in [9.17, 15) is 5.26 Å². The highest BCUT2D eigenvalue weighted by atomic mass is 32.1. The van der Waals surface area contributed by atoms with Crippen molar-refractivity contribution < 1.29 is 4.42 Å². The Bertz CT molecular complexity index is 932. The van der Waals surface area contributed by atoms with E-state index in [2.05, 4.69) is 43.7 Å². The van der Waals surface area contributed by atoms with Gasteiger partial charge < -0.3 is 9.32 Å². The van der Waals surface area contributed by atoms with Crippen LogP contribution < -0.4 is 4.90 Å². The fourth-order valence-corrected chi connectivity index (χ4v) is 5.67. The van der Waals surface area contributed by atoms with Gasteiger partial charge in [0.05, 0.1) is 11.8 Å². The third kappa shape index (κ3) is 4.28. The van der Waals surface area contributed by atoms with E-state index in [1.54, 1.807) is 17.6 Å². The van der Waals surface area contributed by atoms with Gasteiger partial charge in [0.25, 0.3) is 0 Å². The molecule has 5 heteroatoms. The number of furan rings is 1. The summed E-state index contributed by atoms with van der Waals surface area (Å²) in [6.45, 7) is 11.4. The summed E-state index contributed by atoms with van der Waals surface area (Å²) in [5.74, 6) is 3.14. The van der Waals surface area contributed by atoms with Crippen LogP contribution in [0.15, 0.2) is 21.5 Å². The predicted octanol–water partition coefficient (Wildman–Crippen LogP) is 6.35. The highest BCUT2D eigenvalue weighted by Gasteiger charge is 2.32. The molecule has 0 radical (unpaired) electrons. The smallest absolute Gasteiger partial charge is 0.196 e. The van der Waals surface area contributed by atoms with E-state index in [1.807, 2.05) is 12.1 Å². The van der Waals surface area contributed by atoms with Crippen LogP contribution in [0.1, 0.15) is 68.7 Å². The molecule has 3 heterocycles. The maximum Gasteiger partial charge on any atom is 0.196 e. The summed E-state index contributed by atoms with van der Waals surface area (Å²) in [6, 6.07) is 6.43. The first kappa shape index (κ1) is 20.2. The molecule has 0 spiro atoms. The molecular weight excluding hydrogens is 378 g/mol. The second-order valence-electron chi connectivity index (χ2n) is 9.71. The topological polar surface area (TPSA) is 52.5 Å². The van der Waals surface area contributed by atoms with Gasteiger partial charge in [-0.1, -0.05) is 27.7 Å². The number of piperidine rings is 1. The van der Waals surface area contributed by atoms with Crippen LogP contribution in [0, 0.1) is 28.6 Å². The number of rotatable bonds is 3. The van der Waals surface area contributed by atoms with Gasteiger partial charge in [0.2, 0.25) is 0 Å². The Hall–Kier alpha value is -2.06. The molecule has 0 N–H and O–H groups in total. The van der Waals surface area contributed by atoms with Crippen molar-refractivity contribution in [3.05, 3.63) is 33.9 Å². The van der Waals surface area contributed by atoms with Crippen molar-refractivity contribution in [2.24, 2.45) is 22.2 Å². The van der Waals surface area contributed by atoms with E-state index in [0.29, 0.717) is 11.3 Å². The molecule has 0 unspecified atom stereocenters. The van der Waals surface area contributed by atoms with Gasteiger partial charge in [0, 0.05) is 24.0 Å². The largest absolute Gasteiger partial charge is 0.440 e. The molecule has 1 aliphatic carbocycles. The summed E-state index contributed by atoms with van der Waals surface area (Å²) < 4.78 is 6.02. The predicted molar refractivity (Wildman–Crippen MR) is 121 cm³/mol. The Morgan fingerprint density at radius 2 is 2.00 bits per heavy atom. The zero-order chi connectivity index (χ0) is 20.6. The number of thiophene rings is 1. The van der Waals surface area contributed by atoms with Crippen LogP contribution in [0.2, 0.25) is 0 Å². The van der Waals surface area contributed by atoms with E-state index < -0.39 is 0 Å². The molecule has 4 nitrogen and oxygen atoms in total. The Labute approximate surface area is 178 Å². The van der Waals surface area contributed by atoms with Gasteiger partial charge in [0.15, 0.2) is 5.88 Å². The quantitative estimate of drug-likeness (QED) is 0.555. The fraction of sp³-hybridized carbons (Fsp3) is 0.583. The summed E-state index contributed by atoms with van der Waals surface area (Å²) >= 11 is 1.69. The highest BCUT2D eigenvalue weighted by molar-refractivity contribution is 7.16. The minimum absolute atomic E-state index is 0.300. The minimum Gasteiger partial charge on any atom is -0.440 e. The van der Waals surface area contributed by atoms with E-state index >= 15 is 0 Å². The first-order valence-corrected chi connectivity index (χ1v) is 11.6. The van der Waals surface area contributed by atoms with E-state index in [4.69, 9.17) is 4.42 Å². The van der Waals surface area contributed by atoms with Crippen LogP contribution in [-0.2, 0) is 12.8 Å². The van der Waals surface area contributed by atoms with Crippen LogP contribution in [-0.4, -0.2) is 19.3 Å². The molecule has 0 saturated carbocycles. The Balaban J connectivity index is 1.51. The maximum absolute atomic E-state index is 9.73. The van der Waals surface area contributed by atoms with Crippen molar-refractivity contribution in [3.8, 4) is 6.07 Å². The van der Waals surface area contributed by atoms with Crippen molar-refractivity contribution >= 4 is 28.4 Å². The molecule has 0 aromatic carbocycles. The third-order valence-electron chi connectivity index (χ3n) is 6.60. The number of anilines is 1. The first-order valence-electron chi connectivity index (χ1n) is 10.8. The summed E-state index contributed by atoms with van der Waals surface area (Å²) in [7, 11) is 0. The van der Waals surface area contributed by atoms with Crippen molar-refractivity contribution in [1.29, 1.82) is 5.26 Å². The molecule has 1 aliphatic heterocycles. The monoisotopic (exact) mass is 409 g/mol. The standard InChI is InChI=1S/C24H31N3OS/c1-16-9-11-27(12-10-16)22-8-6-18(28-22)15-26-23-20(14-25)19-7-5-17(24(2,3)4)13-21(19)29-23/h6,8,15-17H,5,7,9-13H2,1-4H3/t17-/m1/s1. The first-order chi connectivity index (χ1) is 13.8. The molecular formula is C24H31N3OS. The Morgan fingerprint density at radius 1 is 1.24 bits per heavy atom. The van der Waals surface area contributed by atoms with E-state index in [0.717, 1.165) is 60.5 Å². The number of nitrogens with zero attached hydrogens (tertiary/aromatic N) is 3. The van der Waals surface area contributed by atoms with Crippen LogP contribution in [0.5, 0.6) is 0 Å². The molecule has 2 aliphatic rings. The maximum atomic E-state index is 9.73. The van der Waals surface area contributed by atoms with Crippen LogP contribution in [0.25, 0.3) is 0 Å². The molecule has 154 valence electrons. The van der Waals surface area contributed by atoms with Gasteiger partial charge in [0.1, 0.15) is 16.8 Å². The molecule has 2 aromatic heterocycles. The van der Waals surface area contributed by atoms with E-state index in [-0.39, 0.29) is 0 Å². The zero-order valence-electron chi connectivity index (χ0n) is 18.0. The second kappa shape index (κ2) is 7.99. The van der Waals surface area contributed by atoms with Crippen LogP contribution >= 0.6 is 11.3 Å². The fourth-order valence-electron chi connectivity index (χ4n) is 4.45. The Kier molecular flexibility index (Phi) is 5.57. The zero-order valence-corrected chi connectivity index (χ0v) is 18.8. The molecule has 1 fully saturated rings. The summed E-state index contributed by atoms with van der Waals surface area (Å²) in [5.41, 5.74) is 2.30. The summed E-state index contributed by atoms with van der Waals surface area (Å²) in [6.07, 6.45) is 7.41. The molecule has 0 amide bonds. The lowest BCUT2D eigenvalue weighted by atomic mass is 9.72. The number of nitriles is 1. The third-order valence-corrected chi connectivity index (χ3v) is 7.76. The summed E-state index contributed by atoms with van der Waals surface area (Å²) in [4.78, 5) is 8.33. The van der Waals surface area contributed by atoms with Crippen LogP contribution in [0.4, 0.5) is 10.9 Å². The lowest BCUT2D eigenvalue weighted by Crippen LogP contribution is -2.32. The van der Waals surface area contributed by atoms with Gasteiger partial charge in [-0.3, -0.25) is 0 Å². The van der Waals surface area contributed by atoms with Gasteiger partial charge in [-0.15, -0.1) is 11.3 Å². The molecule has 1 saturated heterocycles. The molecule has 2 aromatic rings. The van der Waals surface area contributed by atoms with Gasteiger partial charge in [-0.2, -0.15) is 5.26 Å². The van der Waals surface area contributed by atoms with Gasteiger partial charge in [-0.25, -0.2) is 4.99 Å². The van der Waals surface area contributed by atoms with Crippen molar-refractivity contribution in [3.63, 3.8) is 0 Å². The average molecular weight is 410 g/mol. The Morgan fingerprint density at radius 3 is 2.69 bits per heavy atom. The number of hydrogen-bond donors (Lipinski definition) is 0. The van der Waals surface area contributed by atoms with Gasteiger partial charge >= 0.3 is 0 Å². The molecule has 0 bridgehead atoms. The summed E-state index contributed by atoms with van der Waals surface area (Å²) in [5, 5.41) is 10.6. The van der Waals surface area contributed by atoms with Gasteiger partial charge in [-0.05, 0) is 61.0 Å². The molecule has 1 atom stereocenters. The number of fused-ring (bicyclic) bond motifs is 1. The lowest BCUT2D eigenvalue weighted by Gasteiger charge is -2.33. The normalized spacial score (nSPS) is 20.8. The van der Waals surface area contributed by atoms with Crippen molar-refractivity contribution in [2.75, 3.05) is 18.0 Å². The molecule has 4 rings (SSSR count). The average Bonchev–Trinajstić information content (AvgIpc) is 3.29. The lowest BCUT2D eigenvalue weighted by molar-refractivity contribution is 0.218.